The summed E-state index contributed by atoms with van der Waals surface area (Å²) in [5, 5.41) is 6.34. The number of thiazole rings is 1. The van der Waals surface area contributed by atoms with Gasteiger partial charge in [0, 0.05) is 16.8 Å². The summed E-state index contributed by atoms with van der Waals surface area (Å²) in [6.07, 6.45) is 0. The monoisotopic (exact) mass is 387 g/mol. The molecule has 0 saturated carbocycles. The number of nitrogens with zero attached hydrogens (tertiary/aromatic N) is 1. The van der Waals surface area contributed by atoms with Crippen LogP contribution in [0.5, 0.6) is 0 Å². The van der Waals surface area contributed by atoms with E-state index in [0.29, 0.717) is 11.3 Å². The number of nitrogens with one attached hydrogen (secondary N) is 2. The predicted molar refractivity (Wildman–Crippen MR) is 112 cm³/mol. The van der Waals surface area contributed by atoms with Gasteiger partial charge >= 0.3 is 0 Å². The number of carbonyl (C=O) groups excluding carboxylic acids is 2. The Kier molecular flexibility index (Phi) is 5.12. The lowest BCUT2D eigenvalue weighted by molar-refractivity contribution is -0.115. The van der Waals surface area contributed by atoms with Crippen LogP contribution in [-0.4, -0.2) is 23.3 Å². The Morgan fingerprint density at radius 3 is 2.50 bits per heavy atom. The minimum Gasteiger partial charge on any atom is -0.343 e. The molecule has 0 saturated heterocycles. The Bertz CT molecular complexity index is 1110. The Labute approximate surface area is 166 Å². The van der Waals surface area contributed by atoms with E-state index in [-0.39, 0.29) is 18.4 Å². The SMILES string of the molecule is O=C(CNC(=O)c1ccccc1)Nc1cccc(-c2nc3ccccc3s2)c1. The van der Waals surface area contributed by atoms with Gasteiger partial charge in [0.25, 0.3) is 5.91 Å². The average Bonchev–Trinajstić information content (AvgIpc) is 3.17. The lowest BCUT2D eigenvalue weighted by atomic mass is 10.2. The lowest BCUT2D eigenvalue weighted by Crippen LogP contribution is -2.32. The summed E-state index contributed by atoms with van der Waals surface area (Å²) in [6, 6.07) is 24.3. The van der Waals surface area contributed by atoms with E-state index in [2.05, 4.69) is 15.6 Å². The smallest absolute Gasteiger partial charge is 0.251 e. The first kappa shape index (κ1) is 17.9. The predicted octanol–water partition coefficient (Wildman–Crippen LogP) is 4.33. The maximum absolute atomic E-state index is 12.2. The molecule has 3 aromatic carbocycles. The highest BCUT2D eigenvalue weighted by Crippen LogP contribution is 2.31. The van der Waals surface area contributed by atoms with E-state index in [4.69, 9.17) is 0 Å². The van der Waals surface area contributed by atoms with Gasteiger partial charge in [0.2, 0.25) is 5.91 Å². The highest BCUT2D eigenvalue weighted by molar-refractivity contribution is 7.21. The second kappa shape index (κ2) is 8.02. The number of amides is 2. The van der Waals surface area contributed by atoms with E-state index in [0.717, 1.165) is 20.8 Å². The second-order valence-corrected chi connectivity index (χ2v) is 7.20. The summed E-state index contributed by atoms with van der Waals surface area (Å²) in [5.74, 6) is -0.565. The van der Waals surface area contributed by atoms with Crippen LogP contribution in [0.25, 0.3) is 20.8 Å². The molecular formula is C22H17N3O2S. The number of aromatic nitrogens is 1. The summed E-state index contributed by atoms with van der Waals surface area (Å²) < 4.78 is 1.12. The lowest BCUT2D eigenvalue weighted by Gasteiger charge is -2.08. The van der Waals surface area contributed by atoms with Crippen molar-refractivity contribution in [1.29, 1.82) is 0 Å². The highest BCUT2D eigenvalue weighted by atomic mass is 32.1. The van der Waals surface area contributed by atoms with Crippen LogP contribution in [0.3, 0.4) is 0 Å². The topological polar surface area (TPSA) is 71.1 Å². The molecule has 4 aromatic rings. The molecule has 6 heteroatoms. The number of anilines is 1. The molecule has 0 aliphatic carbocycles. The van der Waals surface area contributed by atoms with Crippen molar-refractivity contribution in [3.63, 3.8) is 0 Å². The summed E-state index contributed by atoms with van der Waals surface area (Å²) in [5.41, 5.74) is 3.08. The molecule has 2 amide bonds. The first-order chi connectivity index (χ1) is 13.7. The number of hydrogen-bond acceptors (Lipinski definition) is 4. The highest BCUT2D eigenvalue weighted by Gasteiger charge is 2.10. The number of hydrogen-bond donors (Lipinski definition) is 2. The van der Waals surface area contributed by atoms with Crippen LogP contribution in [0.1, 0.15) is 10.4 Å². The van der Waals surface area contributed by atoms with Gasteiger partial charge in [-0.2, -0.15) is 0 Å². The normalized spacial score (nSPS) is 10.6. The van der Waals surface area contributed by atoms with E-state index in [1.54, 1.807) is 35.6 Å². The molecule has 2 N–H and O–H groups in total. The van der Waals surface area contributed by atoms with Crippen LogP contribution in [0, 0.1) is 0 Å². The van der Waals surface area contributed by atoms with Gasteiger partial charge in [0.05, 0.1) is 16.8 Å². The maximum atomic E-state index is 12.2. The fourth-order valence-corrected chi connectivity index (χ4v) is 3.74. The third-order valence-corrected chi connectivity index (χ3v) is 5.22. The van der Waals surface area contributed by atoms with Gasteiger partial charge < -0.3 is 10.6 Å². The zero-order valence-electron chi connectivity index (χ0n) is 14.9. The Hall–Kier alpha value is -3.51. The summed E-state index contributed by atoms with van der Waals surface area (Å²) >= 11 is 1.61. The van der Waals surface area contributed by atoms with Crippen LogP contribution in [0.15, 0.2) is 78.9 Å². The fourth-order valence-electron chi connectivity index (χ4n) is 2.78. The molecule has 1 heterocycles. The molecule has 0 aliphatic rings. The number of benzene rings is 3. The number of fused-ring (bicyclic) bond motifs is 1. The number of rotatable bonds is 5. The van der Waals surface area contributed by atoms with Gasteiger partial charge in [-0.25, -0.2) is 4.98 Å². The molecule has 5 nitrogen and oxygen atoms in total. The molecule has 0 radical (unpaired) electrons. The minimum atomic E-state index is -0.286. The molecule has 0 unspecified atom stereocenters. The zero-order valence-corrected chi connectivity index (χ0v) is 15.7. The van der Waals surface area contributed by atoms with Crippen molar-refractivity contribution < 1.29 is 9.59 Å². The van der Waals surface area contributed by atoms with Crippen molar-refractivity contribution >= 4 is 39.1 Å². The summed E-state index contributed by atoms with van der Waals surface area (Å²) in [4.78, 5) is 28.9. The molecule has 4 rings (SSSR count). The summed E-state index contributed by atoms with van der Waals surface area (Å²) in [7, 11) is 0. The van der Waals surface area contributed by atoms with Crippen molar-refractivity contribution in [3.05, 3.63) is 84.4 Å². The molecule has 138 valence electrons. The van der Waals surface area contributed by atoms with Crippen molar-refractivity contribution in [2.24, 2.45) is 0 Å². The van der Waals surface area contributed by atoms with Crippen LogP contribution in [-0.2, 0) is 4.79 Å². The van der Waals surface area contributed by atoms with E-state index < -0.39 is 0 Å². The van der Waals surface area contributed by atoms with Gasteiger partial charge in [-0.15, -0.1) is 11.3 Å². The number of carbonyl (C=O) groups is 2. The molecule has 0 fully saturated rings. The van der Waals surface area contributed by atoms with Crippen molar-refractivity contribution in [3.8, 4) is 10.6 Å². The molecule has 0 atom stereocenters. The van der Waals surface area contributed by atoms with Crippen LogP contribution in [0.2, 0.25) is 0 Å². The molecule has 0 bridgehead atoms. The maximum Gasteiger partial charge on any atom is 0.251 e. The first-order valence-electron chi connectivity index (χ1n) is 8.78. The largest absolute Gasteiger partial charge is 0.343 e. The number of para-hydroxylation sites is 1. The third kappa shape index (κ3) is 4.07. The third-order valence-electron chi connectivity index (χ3n) is 4.13. The van der Waals surface area contributed by atoms with Gasteiger partial charge in [-0.1, -0.05) is 42.5 Å². The molecule has 0 aliphatic heterocycles. The van der Waals surface area contributed by atoms with Crippen molar-refractivity contribution in [2.75, 3.05) is 11.9 Å². The van der Waals surface area contributed by atoms with Gasteiger partial charge in [-0.3, -0.25) is 9.59 Å². The second-order valence-electron chi connectivity index (χ2n) is 6.16. The van der Waals surface area contributed by atoms with Gasteiger partial charge in [0.1, 0.15) is 5.01 Å². The fraction of sp³-hybridized carbons (Fsp3) is 0.0455. The van der Waals surface area contributed by atoms with Crippen LogP contribution >= 0.6 is 11.3 Å². The summed E-state index contributed by atoms with van der Waals surface area (Å²) in [6.45, 7) is -0.0981. The van der Waals surface area contributed by atoms with E-state index in [1.807, 2.05) is 54.6 Å². The van der Waals surface area contributed by atoms with Crippen LogP contribution < -0.4 is 10.6 Å². The van der Waals surface area contributed by atoms with Crippen molar-refractivity contribution in [1.82, 2.24) is 10.3 Å². The molecule has 28 heavy (non-hydrogen) atoms. The Morgan fingerprint density at radius 2 is 1.68 bits per heavy atom. The minimum absolute atomic E-state index is 0.0981. The molecule has 0 spiro atoms. The van der Waals surface area contributed by atoms with Crippen LogP contribution in [0.4, 0.5) is 5.69 Å². The van der Waals surface area contributed by atoms with Gasteiger partial charge in [0.15, 0.2) is 0 Å². The standard InChI is InChI=1S/C22H17N3O2S/c26-20(14-23-21(27)15-7-2-1-3-8-15)24-17-10-6-9-16(13-17)22-25-18-11-4-5-12-19(18)28-22/h1-13H,14H2,(H,23,27)(H,24,26). The van der Waals surface area contributed by atoms with E-state index in [1.165, 1.54) is 0 Å². The average molecular weight is 387 g/mol. The molecule has 1 aromatic heterocycles. The zero-order chi connectivity index (χ0) is 19.3. The van der Waals surface area contributed by atoms with Crippen molar-refractivity contribution in [2.45, 2.75) is 0 Å². The van der Waals surface area contributed by atoms with Gasteiger partial charge in [-0.05, 0) is 36.4 Å². The Morgan fingerprint density at radius 1 is 0.893 bits per heavy atom. The Balaban J connectivity index is 1.41. The molecular weight excluding hydrogens is 370 g/mol. The van der Waals surface area contributed by atoms with E-state index in [9.17, 15) is 9.59 Å². The van der Waals surface area contributed by atoms with E-state index >= 15 is 0 Å². The quantitative estimate of drug-likeness (QED) is 0.535. The first-order valence-corrected chi connectivity index (χ1v) is 9.60.